The van der Waals surface area contributed by atoms with Gasteiger partial charge in [-0.15, -0.1) is 0 Å². The molecule has 1 atom stereocenters. The number of Topliss-reactive ketones (excluding diaryl/α,β-unsaturated/α-hetero) is 1. The maximum absolute atomic E-state index is 12.4. The highest BCUT2D eigenvalue weighted by molar-refractivity contribution is 6.11. The summed E-state index contributed by atoms with van der Waals surface area (Å²) in [6, 6.07) is 5.70. The highest BCUT2D eigenvalue weighted by Gasteiger charge is 2.27. The fourth-order valence-corrected chi connectivity index (χ4v) is 2.47. The lowest BCUT2D eigenvalue weighted by molar-refractivity contribution is 0.0644. The number of methoxy groups -OCH3 is 1. The summed E-state index contributed by atoms with van der Waals surface area (Å²) in [5.41, 5.74) is 1.57. The van der Waals surface area contributed by atoms with Gasteiger partial charge < -0.3 is 14.5 Å². The summed E-state index contributed by atoms with van der Waals surface area (Å²) in [4.78, 5) is 15.5. The Morgan fingerprint density at radius 1 is 1.50 bits per heavy atom. The maximum Gasteiger partial charge on any atom is 0.193 e. The van der Waals surface area contributed by atoms with Crippen molar-refractivity contribution in [3.63, 3.8) is 0 Å². The van der Waals surface area contributed by atoms with Crippen molar-refractivity contribution in [2.45, 2.75) is 18.9 Å². The second-order valence-electron chi connectivity index (χ2n) is 4.45. The third-order valence-electron chi connectivity index (χ3n) is 3.38. The van der Waals surface area contributed by atoms with Gasteiger partial charge in [0.25, 0.3) is 0 Å². The van der Waals surface area contributed by atoms with Gasteiger partial charge in [-0.25, -0.2) is 0 Å². The molecular weight excluding hydrogens is 230 g/mol. The zero-order valence-electron chi connectivity index (χ0n) is 10.2. The molecule has 1 aliphatic heterocycles. The molecule has 0 saturated carbocycles. The van der Waals surface area contributed by atoms with Gasteiger partial charge in [-0.05, 0) is 25.0 Å². The van der Waals surface area contributed by atoms with E-state index in [0.29, 0.717) is 12.2 Å². The number of aromatic nitrogens is 1. The molecular formula is C14H15NO3. The monoisotopic (exact) mass is 245 g/mol. The Balaban J connectivity index is 2.08. The van der Waals surface area contributed by atoms with E-state index in [-0.39, 0.29) is 11.9 Å². The number of benzene rings is 1. The molecule has 1 aromatic carbocycles. The molecule has 2 heterocycles. The molecule has 1 aliphatic rings. The second kappa shape index (κ2) is 4.46. The van der Waals surface area contributed by atoms with Crippen LogP contribution in [-0.4, -0.2) is 30.6 Å². The van der Waals surface area contributed by atoms with Gasteiger partial charge >= 0.3 is 0 Å². The number of aromatic amines is 1. The van der Waals surface area contributed by atoms with Gasteiger partial charge in [-0.3, -0.25) is 4.79 Å². The smallest absolute Gasteiger partial charge is 0.193 e. The zero-order chi connectivity index (χ0) is 12.5. The Bertz CT molecular complexity index is 582. The first kappa shape index (κ1) is 11.3. The maximum atomic E-state index is 12.4. The molecule has 1 fully saturated rings. The SMILES string of the molecule is COc1cccc2[nH]cc(C(=O)C3CCCO3)c12. The van der Waals surface area contributed by atoms with Crippen LogP contribution >= 0.6 is 0 Å². The number of H-pyrrole nitrogens is 1. The van der Waals surface area contributed by atoms with E-state index in [2.05, 4.69) is 4.98 Å². The minimum Gasteiger partial charge on any atom is -0.496 e. The molecule has 0 amide bonds. The molecule has 4 heteroatoms. The molecule has 0 aliphatic carbocycles. The standard InChI is InChI=1S/C14H15NO3/c1-17-11-5-2-4-10-13(11)9(8-15-10)14(16)12-6-3-7-18-12/h2,4-5,8,12,15H,3,6-7H2,1H3. The van der Waals surface area contributed by atoms with Gasteiger partial charge in [0.1, 0.15) is 11.9 Å². The summed E-state index contributed by atoms with van der Waals surface area (Å²) in [7, 11) is 1.61. The highest BCUT2D eigenvalue weighted by atomic mass is 16.5. The lowest BCUT2D eigenvalue weighted by Gasteiger charge is -2.08. The quantitative estimate of drug-likeness (QED) is 0.845. The normalized spacial score (nSPS) is 19.3. The number of ether oxygens (including phenoxy) is 2. The Kier molecular flexibility index (Phi) is 2.80. The third kappa shape index (κ3) is 1.69. The van der Waals surface area contributed by atoms with Gasteiger partial charge in [0.05, 0.1) is 12.5 Å². The second-order valence-corrected chi connectivity index (χ2v) is 4.45. The van der Waals surface area contributed by atoms with E-state index in [0.717, 1.165) is 29.5 Å². The highest BCUT2D eigenvalue weighted by Crippen LogP contribution is 2.30. The molecule has 0 bridgehead atoms. The van der Waals surface area contributed by atoms with Gasteiger partial charge in [-0.1, -0.05) is 6.07 Å². The summed E-state index contributed by atoms with van der Waals surface area (Å²) < 4.78 is 10.8. The number of carbonyl (C=O) groups excluding carboxylic acids is 1. The van der Waals surface area contributed by atoms with E-state index in [9.17, 15) is 4.79 Å². The van der Waals surface area contributed by atoms with Crippen molar-refractivity contribution in [3.8, 4) is 5.75 Å². The number of fused-ring (bicyclic) bond motifs is 1. The predicted molar refractivity (Wildman–Crippen MR) is 68.2 cm³/mol. The number of rotatable bonds is 3. The molecule has 0 radical (unpaired) electrons. The molecule has 18 heavy (non-hydrogen) atoms. The Labute approximate surface area is 105 Å². The van der Waals surface area contributed by atoms with Crippen molar-refractivity contribution < 1.29 is 14.3 Å². The van der Waals surface area contributed by atoms with Gasteiger partial charge in [0.2, 0.25) is 0 Å². The summed E-state index contributed by atoms with van der Waals surface area (Å²) >= 11 is 0. The molecule has 1 N–H and O–H groups in total. The fraction of sp³-hybridized carbons (Fsp3) is 0.357. The van der Waals surface area contributed by atoms with Crippen LogP contribution in [-0.2, 0) is 4.74 Å². The Morgan fingerprint density at radius 3 is 3.11 bits per heavy atom. The van der Waals surface area contributed by atoms with Crippen molar-refractivity contribution >= 4 is 16.7 Å². The predicted octanol–water partition coefficient (Wildman–Crippen LogP) is 2.54. The van der Waals surface area contributed by atoms with Crippen molar-refractivity contribution in [3.05, 3.63) is 30.0 Å². The van der Waals surface area contributed by atoms with Crippen molar-refractivity contribution in [2.24, 2.45) is 0 Å². The van der Waals surface area contributed by atoms with Crippen LogP contribution in [0.5, 0.6) is 5.75 Å². The first-order valence-corrected chi connectivity index (χ1v) is 6.11. The largest absolute Gasteiger partial charge is 0.496 e. The molecule has 1 unspecified atom stereocenters. The molecule has 3 rings (SSSR count). The van der Waals surface area contributed by atoms with Crippen LogP contribution in [0.25, 0.3) is 10.9 Å². The summed E-state index contributed by atoms with van der Waals surface area (Å²) in [6.45, 7) is 0.676. The Morgan fingerprint density at radius 2 is 2.39 bits per heavy atom. The van der Waals surface area contributed by atoms with Crippen LogP contribution in [0.3, 0.4) is 0 Å². The average molecular weight is 245 g/mol. The van der Waals surface area contributed by atoms with Gasteiger partial charge in [0, 0.05) is 23.9 Å². The fourth-order valence-electron chi connectivity index (χ4n) is 2.47. The first-order chi connectivity index (χ1) is 8.81. The minimum atomic E-state index is -0.297. The number of ketones is 1. The number of hydrogen-bond acceptors (Lipinski definition) is 3. The molecule has 1 aromatic heterocycles. The number of nitrogens with one attached hydrogen (secondary N) is 1. The van der Waals surface area contributed by atoms with Crippen LogP contribution in [0.15, 0.2) is 24.4 Å². The van der Waals surface area contributed by atoms with E-state index in [1.807, 2.05) is 18.2 Å². The van der Waals surface area contributed by atoms with E-state index in [4.69, 9.17) is 9.47 Å². The van der Waals surface area contributed by atoms with Crippen molar-refractivity contribution in [1.82, 2.24) is 4.98 Å². The molecule has 0 spiro atoms. The van der Waals surface area contributed by atoms with Crippen molar-refractivity contribution in [1.29, 1.82) is 0 Å². The molecule has 94 valence electrons. The zero-order valence-corrected chi connectivity index (χ0v) is 10.2. The van der Waals surface area contributed by atoms with Crippen molar-refractivity contribution in [2.75, 3.05) is 13.7 Å². The van der Waals surface area contributed by atoms with E-state index >= 15 is 0 Å². The third-order valence-corrected chi connectivity index (χ3v) is 3.38. The summed E-state index contributed by atoms with van der Waals surface area (Å²) in [5, 5.41) is 0.848. The van der Waals surface area contributed by atoms with Crippen LogP contribution < -0.4 is 4.74 Å². The van der Waals surface area contributed by atoms with Crippen LogP contribution in [0.4, 0.5) is 0 Å². The number of hydrogen-bond donors (Lipinski definition) is 1. The first-order valence-electron chi connectivity index (χ1n) is 6.11. The Hall–Kier alpha value is -1.81. The van der Waals surface area contributed by atoms with E-state index in [1.165, 1.54) is 0 Å². The van der Waals surface area contributed by atoms with Gasteiger partial charge in [-0.2, -0.15) is 0 Å². The molecule has 2 aromatic rings. The lowest BCUT2D eigenvalue weighted by Crippen LogP contribution is -2.19. The number of carbonyl (C=O) groups is 1. The van der Waals surface area contributed by atoms with Gasteiger partial charge in [0.15, 0.2) is 5.78 Å². The summed E-state index contributed by atoms with van der Waals surface area (Å²) in [5.74, 6) is 0.762. The van der Waals surface area contributed by atoms with Crippen LogP contribution in [0.1, 0.15) is 23.2 Å². The molecule has 4 nitrogen and oxygen atoms in total. The average Bonchev–Trinajstić information content (AvgIpc) is 3.06. The van der Waals surface area contributed by atoms with Crippen LogP contribution in [0.2, 0.25) is 0 Å². The minimum absolute atomic E-state index is 0.0447. The lowest BCUT2D eigenvalue weighted by atomic mass is 10.0. The molecule has 1 saturated heterocycles. The van der Waals surface area contributed by atoms with Crippen LogP contribution in [0, 0.1) is 0 Å². The summed E-state index contributed by atoms with van der Waals surface area (Å²) in [6.07, 6.45) is 3.21. The van der Waals surface area contributed by atoms with E-state index < -0.39 is 0 Å². The van der Waals surface area contributed by atoms with E-state index in [1.54, 1.807) is 13.3 Å². The topological polar surface area (TPSA) is 51.3 Å².